The first-order valence-corrected chi connectivity index (χ1v) is 7.91. The van der Waals surface area contributed by atoms with E-state index in [0.717, 1.165) is 0 Å². The SMILES string of the molecule is CC(C)/C=C/NC(=O)NC(C)c1ccc2c(c1)CCCC2. The van der Waals surface area contributed by atoms with Crippen molar-refractivity contribution in [2.75, 3.05) is 0 Å². The zero-order valence-electron chi connectivity index (χ0n) is 13.3. The summed E-state index contributed by atoms with van der Waals surface area (Å²) >= 11 is 0. The Labute approximate surface area is 127 Å². The molecule has 114 valence electrons. The number of hydrogen-bond acceptors (Lipinski definition) is 1. The molecule has 0 spiro atoms. The predicted molar refractivity (Wildman–Crippen MR) is 87.1 cm³/mol. The Balaban J connectivity index is 1.93. The number of hydrogen-bond donors (Lipinski definition) is 2. The van der Waals surface area contributed by atoms with Gasteiger partial charge < -0.3 is 10.6 Å². The molecule has 0 heterocycles. The number of rotatable bonds is 4. The van der Waals surface area contributed by atoms with Crippen LogP contribution in [0.5, 0.6) is 0 Å². The molecule has 0 radical (unpaired) electrons. The van der Waals surface area contributed by atoms with Crippen molar-refractivity contribution in [3.05, 3.63) is 47.2 Å². The smallest absolute Gasteiger partial charge is 0.319 e. The summed E-state index contributed by atoms with van der Waals surface area (Å²) in [5.74, 6) is 0.434. The van der Waals surface area contributed by atoms with Gasteiger partial charge in [-0.1, -0.05) is 38.1 Å². The zero-order valence-corrected chi connectivity index (χ0v) is 13.3. The maximum atomic E-state index is 11.8. The minimum atomic E-state index is -0.155. The second-order valence-electron chi connectivity index (χ2n) is 6.18. The van der Waals surface area contributed by atoms with Crippen molar-refractivity contribution in [1.29, 1.82) is 0 Å². The van der Waals surface area contributed by atoms with Crippen LogP contribution in [0.4, 0.5) is 4.79 Å². The van der Waals surface area contributed by atoms with Crippen LogP contribution in [0.1, 0.15) is 56.3 Å². The van der Waals surface area contributed by atoms with Crippen LogP contribution in [0.3, 0.4) is 0 Å². The fourth-order valence-electron chi connectivity index (χ4n) is 2.66. The Kier molecular flexibility index (Phi) is 5.43. The van der Waals surface area contributed by atoms with E-state index in [2.05, 4.69) is 42.7 Å². The van der Waals surface area contributed by atoms with Crippen LogP contribution >= 0.6 is 0 Å². The van der Waals surface area contributed by atoms with Gasteiger partial charge in [-0.25, -0.2) is 4.79 Å². The van der Waals surface area contributed by atoms with Crippen molar-refractivity contribution < 1.29 is 4.79 Å². The Bertz CT molecular complexity index is 520. The third-order valence-electron chi connectivity index (χ3n) is 3.92. The van der Waals surface area contributed by atoms with Gasteiger partial charge in [0.1, 0.15) is 0 Å². The van der Waals surface area contributed by atoms with E-state index in [1.807, 2.05) is 13.0 Å². The first-order valence-electron chi connectivity index (χ1n) is 7.91. The molecule has 1 aliphatic carbocycles. The van der Waals surface area contributed by atoms with E-state index in [0.29, 0.717) is 5.92 Å². The Morgan fingerprint density at radius 2 is 1.86 bits per heavy atom. The number of allylic oxidation sites excluding steroid dienone is 1. The number of carbonyl (C=O) groups excluding carboxylic acids is 1. The van der Waals surface area contributed by atoms with Crippen molar-refractivity contribution in [2.24, 2.45) is 5.92 Å². The van der Waals surface area contributed by atoms with Gasteiger partial charge in [-0.2, -0.15) is 0 Å². The van der Waals surface area contributed by atoms with E-state index < -0.39 is 0 Å². The number of urea groups is 1. The minimum absolute atomic E-state index is 0.0182. The molecule has 0 fully saturated rings. The monoisotopic (exact) mass is 286 g/mol. The topological polar surface area (TPSA) is 41.1 Å². The van der Waals surface area contributed by atoms with Crippen molar-refractivity contribution in [1.82, 2.24) is 10.6 Å². The van der Waals surface area contributed by atoms with Gasteiger partial charge in [-0.15, -0.1) is 0 Å². The second kappa shape index (κ2) is 7.30. The molecule has 0 aromatic heterocycles. The highest BCUT2D eigenvalue weighted by molar-refractivity contribution is 5.75. The maximum Gasteiger partial charge on any atom is 0.319 e. The summed E-state index contributed by atoms with van der Waals surface area (Å²) in [6, 6.07) is 6.47. The highest BCUT2D eigenvalue weighted by Crippen LogP contribution is 2.24. The molecule has 0 saturated carbocycles. The second-order valence-corrected chi connectivity index (χ2v) is 6.18. The summed E-state index contributed by atoms with van der Waals surface area (Å²) in [6.45, 7) is 6.17. The van der Waals surface area contributed by atoms with Gasteiger partial charge in [0, 0.05) is 6.20 Å². The van der Waals surface area contributed by atoms with Crippen LogP contribution in [0.2, 0.25) is 0 Å². The van der Waals surface area contributed by atoms with Crippen molar-refractivity contribution in [3.63, 3.8) is 0 Å². The van der Waals surface area contributed by atoms with Crippen molar-refractivity contribution in [2.45, 2.75) is 52.5 Å². The molecule has 3 heteroatoms. The predicted octanol–water partition coefficient (Wildman–Crippen LogP) is 4.10. The lowest BCUT2D eigenvalue weighted by Gasteiger charge is -2.20. The molecule has 1 atom stereocenters. The molecule has 1 unspecified atom stereocenters. The number of aryl methyl sites for hydroxylation is 2. The summed E-state index contributed by atoms with van der Waals surface area (Å²) in [5.41, 5.74) is 4.10. The molecule has 0 aliphatic heterocycles. The largest absolute Gasteiger partial charge is 0.331 e. The van der Waals surface area contributed by atoms with Gasteiger partial charge in [0.25, 0.3) is 0 Å². The lowest BCUT2D eigenvalue weighted by molar-refractivity contribution is 0.241. The van der Waals surface area contributed by atoms with Crippen molar-refractivity contribution in [3.8, 4) is 0 Å². The highest BCUT2D eigenvalue weighted by atomic mass is 16.2. The van der Waals surface area contributed by atoms with Crippen molar-refractivity contribution >= 4 is 6.03 Å². The number of benzene rings is 1. The van der Waals surface area contributed by atoms with Gasteiger partial charge in [-0.05, 0) is 55.2 Å². The molecule has 2 rings (SSSR count). The number of fused-ring (bicyclic) bond motifs is 1. The van der Waals surface area contributed by atoms with Gasteiger partial charge in [-0.3, -0.25) is 0 Å². The van der Waals surface area contributed by atoms with Gasteiger partial charge in [0.2, 0.25) is 0 Å². The summed E-state index contributed by atoms with van der Waals surface area (Å²) in [7, 11) is 0. The minimum Gasteiger partial charge on any atom is -0.331 e. The lowest BCUT2D eigenvalue weighted by atomic mass is 9.89. The average Bonchev–Trinajstić information content (AvgIpc) is 2.46. The molecule has 0 saturated heterocycles. The van der Waals surface area contributed by atoms with Crippen LogP contribution in [0, 0.1) is 5.92 Å². The molecule has 2 N–H and O–H groups in total. The standard InChI is InChI=1S/C18H26N2O/c1-13(2)10-11-19-18(21)20-14(3)16-9-8-15-6-4-5-7-17(15)12-16/h8-14H,4-7H2,1-3H3,(H2,19,20,21)/b11-10+. The number of amides is 2. The molecule has 2 amide bonds. The van der Waals surface area contributed by atoms with Gasteiger partial charge in [0.05, 0.1) is 6.04 Å². The van der Waals surface area contributed by atoms with E-state index in [1.54, 1.807) is 6.20 Å². The Morgan fingerprint density at radius 1 is 1.14 bits per heavy atom. The van der Waals surface area contributed by atoms with Crippen LogP contribution in [0.25, 0.3) is 0 Å². The van der Waals surface area contributed by atoms with E-state index >= 15 is 0 Å². The Morgan fingerprint density at radius 3 is 2.57 bits per heavy atom. The average molecular weight is 286 g/mol. The fraction of sp³-hybridized carbons (Fsp3) is 0.500. The number of nitrogens with one attached hydrogen (secondary N) is 2. The summed E-state index contributed by atoms with van der Waals surface area (Å²) in [6.07, 6.45) is 8.60. The molecule has 1 aromatic carbocycles. The molecule has 1 aromatic rings. The van der Waals surface area contributed by atoms with Gasteiger partial charge >= 0.3 is 6.03 Å². The molecular weight excluding hydrogens is 260 g/mol. The number of carbonyl (C=O) groups is 1. The molecule has 21 heavy (non-hydrogen) atoms. The fourth-order valence-corrected chi connectivity index (χ4v) is 2.66. The highest BCUT2D eigenvalue weighted by Gasteiger charge is 2.13. The molecule has 0 bridgehead atoms. The lowest BCUT2D eigenvalue weighted by Crippen LogP contribution is -2.34. The zero-order chi connectivity index (χ0) is 15.2. The quantitative estimate of drug-likeness (QED) is 0.859. The normalized spacial score (nSPS) is 15.8. The third kappa shape index (κ3) is 4.62. The first-order chi connectivity index (χ1) is 10.1. The summed E-state index contributed by atoms with van der Waals surface area (Å²) < 4.78 is 0. The van der Waals surface area contributed by atoms with Crippen LogP contribution in [-0.2, 0) is 12.8 Å². The van der Waals surface area contributed by atoms with E-state index in [-0.39, 0.29) is 12.1 Å². The first kappa shape index (κ1) is 15.6. The summed E-state index contributed by atoms with van der Waals surface area (Å²) in [4.78, 5) is 11.8. The van der Waals surface area contributed by atoms with Crippen LogP contribution in [0.15, 0.2) is 30.5 Å². The van der Waals surface area contributed by atoms with Gasteiger partial charge in [0.15, 0.2) is 0 Å². The van der Waals surface area contributed by atoms with Crippen LogP contribution < -0.4 is 10.6 Å². The molecule has 1 aliphatic rings. The van der Waals surface area contributed by atoms with E-state index in [4.69, 9.17) is 0 Å². The van der Waals surface area contributed by atoms with Crippen LogP contribution in [-0.4, -0.2) is 6.03 Å². The molecule has 3 nitrogen and oxygen atoms in total. The summed E-state index contributed by atoms with van der Waals surface area (Å²) in [5, 5.41) is 5.72. The maximum absolute atomic E-state index is 11.8. The molecular formula is C18H26N2O. The third-order valence-corrected chi connectivity index (χ3v) is 3.92. The van der Waals surface area contributed by atoms with E-state index in [9.17, 15) is 4.79 Å². The van der Waals surface area contributed by atoms with E-state index in [1.165, 1.54) is 42.4 Å². The Hall–Kier alpha value is -1.77.